The number of unbranched alkanes of at least 4 members (excludes halogenated alkanes) is 1. The highest BCUT2D eigenvalue weighted by atomic mass is 32.1. The topological polar surface area (TPSA) is 72.8 Å². The number of aromatic nitrogens is 1. The molecule has 7 heteroatoms. The van der Waals surface area contributed by atoms with E-state index in [2.05, 4.69) is 58.8 Å². The van der Waals surface area contributed by atoms with Gasteiger partial charge < -0.3 is 16.0 Å². The highest BCUT2D eigenvalue weighted by Crippen LogP contribution is 2.51. The molecule has 0 saturated heterocycles. The van der Waals surface area contributed by atoms with Crippen LogP contribution in [0.4, 0.5) is 10.1 Å². The summed E-state index contributed by atoms with van der Waals surface area (Å²) < 4.78 is 16.4. The normalized spacial score (nSPS) is 17.7. The molecule has 1 aliphatic rings. The van der Waals surface area contributed by atoms with E-state index >= 15 is 0 Å². The minimum Gasteiger partial charge on any atom is -0.391 e. The molecule has 0 amide bonds. The van der Waals surface area contributed by atoms with Gasteiger partial charge in [-0.25, -0.2) is 4.39 Å². The van der Waals surface area contributed by atoms with E-state index in [1.807, 2.05) is 24.4 Å². The van der Waals surface area contributed by atoms with Crippen LogP contribution in [0.5, 0.6) is 0 Å². The Labute approximate surface area is 219 Å². The van der Waals surface area contributed by atoms with Gasteiger partial charge in [-0.05, 0) is 79.3 Å². The highest BCUT2D eigenvalue weighted by molar-refractivity contribution is 7.78. The van der Waals surface area contributed by atoms with Crippen LogP contribution < -0.4 is 15.4 Å². The van der Waals surface area contributed by atoms with Crippen LogP contribution in [0.3, 0.4) is 0 Å². The average molecular weight is 506 g/mol. The average Bonchev–Trinajstić information content (AvgIpc) is 2.91. The standard InChI is InChI=1S/C29H36FN5S/c1-3-4-15-32-21-23(20-31)19-29(22(2)28-7-5-6-16-33-28)14-12-27(18-24(29)13-17-34-36)35-26-10-8-25(30)9-11-26/h5-12,16,18,20-21,31-32,34-36H,2-4,13-15,17,19H2,1H3/b23-21-,31-20?. The lowest BCUT2D eigenvalue weighted by Gasteiger charge is -2.40. The summed E-state index contributed by atoms with van der Waals surface area (Å²) in [7, 11) is 0. The van der Waals surface area contributed by atoms with E-state index in [1.54, 1.807) is 18.3 Å². The van der Waals surface area contributed by atoms with Crippen molar-refractivity contribution in [1.29, 1.82) is 5.41 Å². The molecule has 0 fully saturated rings. The van der Waals surface area contributed by atoms with E-state index in [9.17, 15) is 4.39 Å². The predicted molar refractivity (Wildman–Crippen MR) is 153 cm³/mol. The molecule has 0 spiro atoms. The highest BCUT2D eigenvalue weighted by Gasteiger charge is 2.39. The largest absolute Gasteiger partial charge is 0.391 e. The van der Waals surface area contributed by atoms with Crippen molar-refractivity contribution in [3.05, 3.63) is 102 Å². The van der Waals surface area contributed by atoms with E-state index in [0.717, 1.165) is 54.0 Å². The molecule has 0 bridgehead atoms. The number of benzene rings is 1. The van der Waals surface area contributed by atoms with Gasteiger partial charge in [0.05, 0.1) is 5.69 Å². The van der Waals surface area contributed by atoms with Gasteiger partial charge in [-0.2, -0.15) is 0 Å². The zero-order valence-corrected chi connectivity index (χ0v) is 21.8. The number of nitrogens with zero attached hydrogens (tertiary/aromatic N) is 1. The summed E-state index contributed by atoms with van der Waals surface area (Å²) >= 11 is 4.23. The fourth-order valence-electron chi connectivity index (χ4n) is 4.46. The monoisotopic (exact) mass is 505 g/mol. The third kappa shape index (κ3) is 7.18. The van der Waals surface area contributed by atoms with Gasteiger partial charge in [0.25, 0.3) is 0 Å². The van der Waals surface area contributed by atoms with Crippen molar-refractivity contribution in [3.63, 3.8) is 0 Å². The predicted octanol–water partition coefficient (Wildman–Crippen LogP) is 6.68. The molecule has 5 nitrogen and oxygen atoms in total. The molecular weight excluding hydrogens is 469 g/mol. The van der Waals surface area contributed by atoms with Crippen molar-refractivity contribution < 1.29 is 4.39 Å². The van der Waals surface area contributed by atoms with Crippen LogP contribution in [0, 0.1) is 16.6 Å². The molecule has 0 saturated carbocycles. The minimum atomic E-state index is -0.456. The van der Waals surface area contributed by atoms with Gasteiger partial charge in [-0.1, -0.05) is 50.5 Å². The SMILES string of the molecule is C=C(c1ccccn1)C1(C/C(C=N)=C/NCCCC)CC=C(Nc2ccc(F)cc2)C=C1CCNS. The Bertz CT molecular complexity index is 1110. The molecule has 1 atom stereocenters. The second-order valence-electron chi connectivity index (χ2n) is 8.95. The number of hydrogen-bond acceptors (Lipinski definition) is 6. The van der Waals surface area contributed by atoms with Gasteiger partial charge in [0.1, 0.15) is 5.82 Å². The van der Waals surface area contributed by atoms with Gasteiger partial charge in [0.2, 0.25) is 0 Å². The summed E-state index contributed by atoms with van der Waals surface area (Å²) in [6.07, 6.45) is 13.7. The summed E-state index contributed by atoms with van der Waals surface area (Å²) in [5.74, 6) is -0.265. The van der Waals surface area contributed by atoms with Gasteiger partial charge in [0.15, 0.2) is 0 Å². The maximum Gasteiger partial charge on any atom is 0.123 e. The number of allylic oxidation sites excluding steroid dienone is 4. The number of anilines is 1. The lowest BCUT2D eigenvalue weighted by molar-refractivity contribution is 0.459. The van der Waals surface area contributed by atoms with Gasteiger partial charge in [0, 0.05) is 48.5 Å². The molecular formula is C29H36FN5S. The first kappa shape index (κ1) is 27.4. The smallest absolute Gasteiger partial charge is 0.123 e. The van der Waals surface area contributed by atoms with Crippen LogP contribution in [-0.2, 0) is 0 Å². The number of rotatable bonds is 14. The second kappa shape index (κ2) is 13.8. The maximum absolute atomic E-state index is 13.4. The molecule has 0 radical (unpaired) electrons. The van der Waals surface area contributed by atoms with Gasteiger partial charge >= 0.3 is 0 Å². The maximum atomic E-state index is 13.4. The van der Waals surface area contributed by atoms with Crippen molar-refractivity contribution in [2.24, 2.45) is 5.41 Å². The Kier molecular flexibility index (Phi) is 10.5. The van der Waals surface area contributed by atoms with E-state index < -0.39 is 5.41 Å². The number of halogens is 1. The quantitative estimate of drug-likeness (QED) is 0.113. The first-order chi connectivity index (χ1) is 17.5. The van der Waals surface area contributed by atoms with Gasteiger partial charge in [-0.3, -0.25) is 9.71 Å². The summed E-state index contributed by atoms with van der Waals surface area (Å²) in [5.41, 5.74) is 5.15. The first-order valence-corrected chi connectivity index (χ1v) is 12.8. The Morgan fingerprint density at radius 2 is 2.03 bits per heavy atom. The first-order valence-electron chi connectivity index (χ1n) is 12.4. The zero-order valence-electron chi connectivity index (χ0n) is 20.9. The van der Waals surface area contributed by atoms with Crippen molar-refractivity contribution in [1.82, 2.24) is 15.0 Å². The molecule has 1 aliphatic carbocycles. The van der Waals surface area contributed by atoms with E-state index in [-0.39, 0.29) is 5.82 Å². The second-order valence-corrected chi connectivity index (χ2v) is 9.26. The minimum absolute atomic E-state index is 0.265. The van der Waals surface area contributed by atoms with E-state index in [4.69, 9.17) is 5.41 Å². The number of thiol groups is 1. The summed E-state index contributed by atoms with van der Waals surface area (Å²) in [6.45, 7) is 8.25. The van der Waals surface area contributed by atoms with Crippen molar-refractivity contribution >= 4 is 30.3 Å². The summed E-state index contributed by atoms with van der Waals surface area (Å²) in [4.78, 5) is 4.61. The van der Waals surface area contributed by atoms with E-state index in [1.165, 1.54) is 23.9 Å². The zero-order chi connectivity index (χ0) is 25.8. The van der Waals surface area contributed by atoms with Gasteiger partial charge in [-0.15, -0.1) is 0 Å². The van der Waals surface area contributed by atoms with Crippen LogP contribution in [-0.4, -0.2) is 24.3 Å². The fraction of sp³-hybridized carbons (Fsp3) is 0.310. The lowest BCUT2D eigenvalue weighted by atomic mass is 9.64. The third-order valence-electron chi connectivity index (χ3n) is 6.46. The molecule has 1 aromatic carbocycles. The van der Waals surface area contributed by atoms with Crippen LogP contribution in [0.1, 0.15) is 44.7 Å². The number of hydrogen-bond donors (Lipinski definition) is 5. The molecule has 4 N–H and O–H groups in total. The van der Waals surface area contributed by atoms with Crippen LogP contribution in [0.15, 0.2) is 90.4 Å². The molecule has 190 valence electrons. The summed E-state index contributed by atoms with van der Waals surface area (Å²) in [6, 6.07) is 12.2. The van der Waals surface area contributed by atoms with Crippen molar-refractivity contribution in [3.8, 4) is 0 Å². The Morgan fingerprint density at radius 3 is 2.69 bits per heavy atom. The molecule has 3 rings (SSSR count). The summed E-state index contributed by atoms with van der Waals surface area (Å²) in [5, 5.41) is 14.9. The molecule has 1 unspecified atom stereocenters. The van der Waals surface area contributed by atoms with Crippen LogP contribution >= 0.6 is 12.8 Å². The molecule has 1 heterocycles. The Hall–Kier alpha value is -3.16. The molecule has 2 aromatic rings. The Balaban J connectivity index is 2.00. The van der Waals surface area contributed by atoms with Crippen LogP contribution in [0.2, 0.25) is 0 Å². The third-order valence-corrected chi connectivity index (χ3v) is 6.68. The van der Waals surface area contributed by atoms with Crippen molar-refractivity contribution in [2.45, 2.75) is 39.0 Å². The van der Waals surface area contributed by atoms with E-state index in [0.29, 0.717) is 19.4 Å². The molecule has 36 heavy (non-hydrogen) atoms. The number of nitrogens with one attached hydrogen (secondary N) is 4. The molecule has 1 aromatic heterocycles. The van der Waals surface area contributed by atoms with Crippen molar-refractivity contribution in [2.75, 3.05) is 18.4 Å². The van der Waals surface area contributed by atoms with Crippen LogP contribution in [0.25, 0.3) is 5.57 Å². The Morgan fingerprint density at radius 1 is 1.22 bits per heavy atom. The lowest BCUT2D eigenvalue weighted by Crippen LogP contribution is -2.30. The fourth-order valence-corrected chi connectivity index (χ4v) is 4.57. The molecule has 0 aliphatic heterocycles. The number of pyridine rings is 1.